The smallest absolute Gasteiger partial charge is 0.243 e. The Balaban J connectivity index is 2.46. The lowest BCUT2D eigenvalue weighted by Crippen LogP contribution is -2.48. The highest BCUT2D eigenvalue weighted by Crippen LogP contribution is 2.26. The SMILES string of the molecule is CCC1COCCN1S(=O)(=O)c1cc(C)c(F)c(CCl)c1. The number of hydrogen-bond donors (Lipinski definition) is 0. The van der Waals surface area contributed by atoms with Gasteiger partial charge in [0.2, 0.25) is 10.0 Å². The molecule has 0 N–H and O–H groups in total. The third kappa shape index (κ3) is 3.23. The minimum atomic E-state index is -3.67. The van der Waals surface area contributed by atoms with Crippen molar-refractivity contribution < 1.29 is 17.5 Å². The molecule has 7 heteroatoms. The zero-order chi connectivity index (χ0) is 15.6. The molecular formula is C14H19ClFNO3S. The first kappa shape index (κ1) is 16.7. The maximum atomic E-state index is 13.8. The Bertz CT molecular complexity index is 621. The van der Waals surface area contributed by atoms with Crippen LogP contribution in [0.2, 0.25) is 0 Å². The maximum Gasteiger partial charge on any atom is 0.243 e. The van der Waals surface area contributed by atoms with Crippen molar-refractivity contribution in [3.05, 3.63) is 29.1 Å². The summed E-state index contributed by atoms with van der Waals surface area (Å²) in [7, 11) is -3.67. The van der Waals surface area contributed by atoms with Crippen LogP contribution in [-0.2, 0) is 20.6 Å². The third-order valence-electron chi connectivity index (χ3n) is 3.70. The molecule has 118 valence electrons. The Labute approximate surface area is 129 Å². The molecule has 1 heterocycles. The Morgan fingerprint density at radius 2 is 2.19 bits per heavy atom. The number of sulfonamides is 1. The van der Waals surface area contributed by atoms with Gasteiger partial charge < -0.3 is 4.74 Å². The van der Waals surface area contributed by atoms with Gasteiger partial charge in [0.15, 0.2) is 0 Å². The van der Waals surface area contributed by atoms with Gasteiger partial charge in [0.25, 0.3) is 0 Å². The van der Waals surface area contributed by atoms with Crippen molar-refractivity contribution in [2.24, 2.45) is 0 Å². The molecule has 0 saturated carbocycles. The molecule has 1 saturated heterocycles. The predicted molar refractivity (Wildman–Crippen MR) is 79.5 cm³/mol. The van der Waals surface area contributed by atoms with E-state index in [0.717, 1.165) is 0 Å². The largest absolute Gasteiger partial charge is 0.378 e. The molecule has 1 atom stereocenters. The van der Waals surface area contributed by atoms with Gasteiger partial charge in [-0.25, -0.2) is 12.8 Å². The number of ether oxygens (including phenoxy) is 1. The standard InChI is InChI=1S/C14H19ClFNO3S/c1-3-12-9-20-5-4-17(12)21(18,19)13-6-10(2)14(16)11(7-13)8-15/h6-7,12H,3-5,8-9H2,1-2H3. The monoisotopic (exact) mass is 335 g/mol. The van der Waals surface area contributed by atoms with Gasteiger partial charge in [0.1, 0.15) is 5.82 Å². The fourth-order valence-corrected chi connectivity index (χ4v) is 4.47. The van der Waals surface area contributed by atoms with Gasteiger partial charge in [0, 0.05) is 18.2 Å². The van der Waals surface area contributed by atoms with Crippen LogP contribution in [-0.4, -0.2) is 38.5 Å². The first-order valence-corrected chi connectivity index (χ1v) is 8.83. The lowest BCUT2D eigenvalue weighted by Gasteiger charge is -2.34. The van der Waals surface area contributed by atoms with Crippen LogP contribution in [0.4, 0.5) is 4.39 Å². The van der Waals surface area contributed by atoms with Crippen molar-refractivity contribution in [3.8, 4) is 0 Å². The minimum absolute atomic E-state index is 0.0592. The summed E-state index contributed by atoms with van der Waals surface area (Å²) in [6.45, 7) is 4.53. The fraction of sp³-hybridized carbons (Fsp3) is 0.571. The number of benzene rings is 1. The molecule has 2 rings (SSSR count). The molecule has 1 unspecified atom stereocenters. The number of rotatable bonds is 4. The van der Waals surface area contributed by atoms with Crippen LogP contribution in [0.1, 0.15) is 24.5 Å². The summed E-state index contributed by atoms with van der Waals surface area (Å²) >= 11 is 5.70. The van der Waals surface area contributed by atoms with Crippen molar-refractivity contribution in [1.82, 2.24) is 4.31 Å². The number of halogens is 2. The fourth-order valence-electron chi connectivity index (χ4n) is 2.47. The second kappa shape index (κ2) is 6.60. The normalized spacial score (nSPS) is 20.7. The number of nitrogens with zero attached hydrogens (tertiary/aromatic N) is 1. The van der Waals surface area contributed by atoms with Crippen LogP contribution in [0.3, 0.4) is 0 Å². The van der Waals surface area contributed by atoms with Gasteiger partial charge in [-0.3, -0.25) is 0 Å². The van der Waals surface area contributed by atoms with Crippen LogP contribution >= 0.6 is 11.6 Å². The molecule has 0 spiro atoms. The summed E-state index contributed by atoms with van der Waals surface area (Å²) < 4.78 is 46.2. The Morgan fingerprint density at radius 3 is 2.81 bits per heavy atom. The molecule has 0 amide bonds. The Hall–Kier alpha value is -0.690. The van der Waals surface area contributed by atoms with Crippen LogP contribution in [0, 0.1) is 12.7 Å². The highest BCUT2D eigenvalue weighted by Gasteiger charge is 2.33. The summed E-state index contributed by atoms with van der Waals surface area (Å²) in [5.74, 6) is -0.506. The van der Waals surface area contributed by atoms with E-state index in [9.17, 15) is 12.8 Å². The van der Waals surface area contributed by atoms with E-state index in [0.29, 0.717) is 26.2 Å². The van der Waals surface area contributed by atoms with Gasteiger partial charge in [0.05, 0.1) is 24.0 Å². The van der Waals surface area contributed by atoms with E-state index in [2.05, 4.69) is 0 Å². The first-order chi connectivity index (χ1) is 9.91. The Kier molecular flexibility index (Phi) is 5.24. The van der Waals surface area contributed by atoms with Crippen LogP contribution in [0.5, 0.6) is 0 Å². The minimum Gasteiger partial charge on any atom is -0.378 e. The van der Waals surface area contributed by atoms with Crippen molar-refractivity contribution in [2.75, 3.05) is 19.8 Å². The highest BCUT2D eigenvalue weighted by molar-refractivity contribution is 7.89. The van der Waals surface area contributed by atoms with Crippen molar-refractivity contribution in [3.63, 3.8) is 0 Å². The van der Waals surface area contributed by atoms with Gasteiger partial charge in [-0.2, -0.15) is 4.31 Å². The molecule has 0 radical (unpaired) electrons. The number of alkyl halides is 1. The first-order valence-electron chi connectivity index (χ1n) is 6.86. The molecule has 1 aliphatic heterocycles. The number of hydrogen-bond acceptors (Lipinski definition) is 3. The summed E-state index contributed by atoms with van der Waals surface area (Å²) in [6.07, 6.45) is 0.668. The van der Waals surface area contributed by atoms with Crippen LogP contribution in [0.15, 0.2) is 17.0 Å². The predicted octanol–water partition coefficient (Wildman–Crippen LogP) is 2.67. The second-order valence-electron chi connectivity index (χ2n) is 5.10. The summed E-state index contributed by atoms with van der Waals surface area (Å²) in [6, 6.07) is 2.50. The zero-order valence-corrected chi connectivity index (χ0v) is 13.7. The highest BCUT2D eigenvalue weighted by atomic mass is 35.5. The summed E-state index contributed by atoms with van der Waals surface area (Å²) in [5.41, 5.74) is 0.490. The van der Waals surface area contributed by atoms with Crippen molar-refractivity contribution in [1.29, 1.82) is 0 Å². The second-order valence-corrected chi connectivity index (χ2v) is 7.26. The summed E-state index contributed by atoms with van der Waals surface area (Å²) in [4.78, 5) is 0.0948. The molecule has 1 fully saturated rings. The van der Waals surface area contributed by atoms with Crippen LogP contribution < -0.4 is 0 Å². The van der Waals surface area contributed by atoms with Gasteiger partial charge in [-0.05, 0) is 31.0 Å². The van der Waals surface area contributed by atoms with E-state index in [4.69, 9.17) is 16.3 Å². The van der Waals surface area contributed by atoms with E-state index in [-0.39, 0.29) is 27.9 Å². The molecule has 1 aromatic rings. The van der Waals surface area contributed by atoms with Crippen LogP contribution in [0.25, 0.3) is 0 Å². The maximum absolute atomic E-state index is 13.8. The molecule has 0 aliphatic carbocycles. The lowest BCUT2D eigenvalue weighted by molar-refractivity contribution is 0.0314. The lowest BCUT2D eigenvalue weighted by atomic mass is 10.1. The van der Waals surface area contributed by atoms with Crippen molar-refractivity contribution in [2.45, 2.75) is 37.1 Å². The van der Waals surface area contributed by atoms with E-state index in [1.807, 2.05) is 6.92 Å². The van der Waals surface area contributed by atoms with E-state index < -0.39 is 15.8 Å². The molecule has 0 bridgehead atoms. The summed E-state index contributed by atoms with van der Waals surface area (Å²) in [5, 5.41) is 0. The van der Waals surface area contributed by atoms with E-state index in [1.165, 1.54) is 16.4 Å². The molecule has 4 nitrogen and oxygen atoms in total. The molecule has 21 heavy (non-hydrogen) atoms. The number of aryl methyl sites for hydroxylation is 1. The topological polar surface area (TPSA) is 46.6 Å². The average molecular weight is 336 g/mol. The van der Waals surface area contributed by atoms with Gasteiger partial charge >= 0.3 is 0 Å². The van der Waals surface area contributed by atoms with E-state index in [1.54, 1.807) is 6.92 Å². The Morgan fingerprint density at radius 1 is 1.48 bits per heavy atom. The van der Waals surface area contributed by atoms with Gasteiger partial charge in [-0.15, -0.1) is 11.6 Å². The third-order valence-corrected chi connectivity index (χ3v) is 5.92. The number of morpholine rings is 1. The van der Waals surface area contributed by atoms with E-state index >= 15 is 0 Å². The van der Waals surface area contributed by atoms with Gasteiger partial charge in [-0.1, -0.05) is 6.92 Å². The molecular weight excluding hydrogens is 317 g/mol. The molecule has 0 aromatic heterocycles. The zero-order valence-electron chi connectivity index (χ0n) is 12.1. The average Bonchev–Trinajstić information content (AvgIpc) is 2.49. The quantitative estimate of drug-likeness (QED) is 0.795. The van der Waals surface area contributed by atoms with Crippen molar-refractivity contribution >= 4 is 21.6 Å². The molecule has 1 aromatic carbocycles. The molecule has 1 aliphatic rings.